The Morgan fingerprint density at radius 3 is 3.00 bits per heavy atom. The first-order valence-corrected chi connectivity index (χ1v) is 8.17. The molecular weight excluding hydrogens is 322 g/mol. The lowest BCUT2D eigenvalue weighted by atomic mass is 9.83. The molecule has 1 atom stereocenters. The number of aryl methyl sites for hydroxylation is 1. The molecule has 2 N–H and O–H groups in total. The Labute approximate surface area is 143 Å². The third-order valence-corrected chi connectivity index (χ3v) is 4.67. The van der Waals surface area contributed by atoms with Crippen LogP contribution in [0.2, 0.25) is 0 Å². The molecule has 1 aliphatic carbocycles. The summed E-state index contributed by atoms with van der Waals surface area (Å²) in [6.45, 7) is 0.00460. The van der Waals surface area contributed by atoms with E-state index in [1.165, 1.54) is 6.07 Å². The van der Waals surface area contributed by atoms with Crippen molar-refractivity contribution in [2.75, 3.05) is 6.54 Å². The first-order chi connectivity index (χ1) is 12.1. The van der Waals surface area contributed by atoms with E-state index in [-0.39, 0.29) is 12.1 Å². The van der Waals surface area contributed by atoms with Crippen molar-refractivity contribution in [1.82, 2.24) is 5.32 Å². The predicted molar refractivity (Wildman–Crippen MR) is 90.4 cm³/mol. The van der Waals surface area contributed by atoms with Gasteiger partial charge in [0.2, 0.25) is 0 Å². The fourth-order valence-electron chi connectivity index (χ4n) is 3.35. The van der Waals surface area contributed by atoms with Crippen molar-refractivity contribution < 1.29 is 18.7 Å². The van der Waals surface area contributed by atoms with Gasteiger partial charge in [0.25, 0.3) is 5.91 Å². The molecule has 0 bridgehead atoms. The van der Waals surface area contributed by atoms with Crippen molar-refractivity contribution in [3.63, 3.8) is 0 Å². The summed E-state index contributed by atoms with van der Waals surface area (Å²) in [4.78, 5) is 24.5. The number of nitrogens with one attached hydrogen (secondary N) is 1. The number of aliphatic hydroxyl groups is 1. The number of fused-ring (bicyclic) bond motifs is 2. The molecule has 0 saturated carbocycles. The average molecular weight is 339 g/mol. The van der Waals surface area contributed by atoms with Gasteiger partial charge < -0.3 is 19.3 Å². The Balaban J connectivity index is 1.58. The number of hydrogen-bond acceptors (Lipinski definition) is 5. The Bertz CT molecular complexity index is 1000. The van der Waals surface area contributed by atoms with Crippen LogP contribution in [0.3, 0.4) is 0 Å². The van der Waals surface area contributed by atoms with Gasteiger partial charge in [0.1, 0.15) is 22.5 Å². The summed E-state index contributed by atoms with van der Waals surface area (Å²) in [6, 6.07) is 10.2. The highest BCUT2D eigenvalue weighted by molar-refractivity contribution is 5.96. The lowest BCUT2D eigenvalue weighted by Gasteiger charge is -2.31. The van der Waals surface area contributed by atoms with E-state index in [1.54, 1.807) is 36.6 Å². The number of amides is 1. The molecule has 4 rings (SSSR count). The van der Waals surface area contributed by atoms with Crippen LogP contribution in [0.4, 0.5) is 0 Å². The van der Waals surface area contributed by atoms with E-state index in [2.05, 4.69) is 5.32 Å². The molecule has 25 heavy (non-hydrogen) atoms. The van der Waals surface area contributed by atoms with Gasteiger partial charge in [-0.25, -0.2) is 4.79 Å². The molecule has 0 aliphatic heterocycles. The molecule has 0 spiro atoms. The standard InChI is InChI=1S/C19H17NO5/c21-17(13-10-12-4-1-2-5-15(12)25-18(13)22)20-11-19(23)8-3-6-16-14(19)7-9-24-16/h1-2,4-5,7,9-10,23H,3,6,8,11H2,(H,20,21). The largest absolute Gasteiger partial charge is 0.469 e. The first-order valence-electron chi connectivity index (χ1n) is 8.17. The van der Waals surface area contributed by atoms with Crippen LogP contribution in [0.15, 0.2) is 56.3 Å². The molecule has 1 amide bonds. The zero-order valence-corrected chi connectivity index (χ0v) is 13.5. The Hall–Kier alpha value is -2.86. The molecule has 3 aromatic rings. The Morgan fingerprint density at radius 2 is 2.12 bits per heavy atom. The third-order valence-electron chi connectivity index (χ3n) is 4.67. The van der Waals surface area contributed by atoms with Crippen molar-refractivity contribution in [3.8, 4) is 0 Å². The summed E-state index contributed by atoms with van der Waals surface area (Å²) in [5.41, 5.74) is -0.836. The van der Waals surface area contributed by atoms with Gasteiger partial charge in [-0.2, -0.15) is 0 Å². The predicted octanol–water partition coefficient (Wildman–Crippen LogP) is 2.34. The average Bonchev–Trinajstić information content (AvgIpc) is 3.10. The summed E-state index contributed by atoms with van der Waals surface area (Å²) in [6.07, 6.45) is 3.60. The van der Waals surface area contributed by atoms with E-state index in [9.17, 15) is 14.7 Å². The van der Waals surface area contributed by atoms with Gasteiger partial charge in [0.15, 0.2) is 0 Å². The van der Waals surface area contributed by atoms with Crippen LogP contribution in [-0.4, -0.2) is 17.6 Å². The van der Waals surface area contributed by atoms with Crippen molar-refractivity contribution in [2.45, 2.75) is 24.9 Å². The summed E-state index contributed by atoms with van der Waals surface area (Å²) in [5, 5.41) is 14.2. The Kier molecular flexibility index (Phi) is 3.69. The highest BCUT2D eigenvalue weighted by Crippen LogP contribution is 2.35. The molecule has 0 saturated heterocycles. The lowest BCUT2D eigenvalue weighted by Crippen LogP contribution is -2.43. The normalized spacial score (nSPS) is 19.6. The Morgan fingerprint density at radius 1 is 1.28 bits per heavy atom. The molecule has 0 fully saturated rings. The highest BCUT2D eigenvalue weighted by atomic mass is 16.4. The van der Waals surface area contributed by atoms with Crippen LogP contribution < -0.4 is 10.9 Å². The van der Waals surface area contributed by atoms with E-state index in [0.717, 1.165) is 18.6 Å². The number of rotatable bonds is 3. The van der Waals surface area contributed by atoms with Crippen LogP contribution in [-0.2, 0) is 12.0 Å². The minimum absolute atomic E-state index is 0.00460. The van der Waals surface area contributed by atoms with E-state index < -0.39 is 17.1 Å². The smallest absolute Gasteiger partial charge is 0.349 e. The number of hydrogen-bond donors (Lipinski definition) is 2. The topological polar surface area (TPSA) is 92.7 Å². The lowest BCUT2D eigenvalue weighted by molar-refractivity contribution is 0.0168. The van der Waals surface area contributed by atoms with E-state index in [4.69, 9.17) is 8.83 Å². The minimum atomic E-state index is -1.19. The second kappa shape index (κ2) is 5.89. The molecule has 1 aromatic carbocycles. The summed E-state index contributed by atoms with van der Waals surface area (Å²) in [7, 11) is 0. The molecule has 2 aromatic heterocycles. The van der Waals surface area contributed by atoms with Crippen LogP contribution in [0.25, 0.3) is 11.0 Å². The molecule has 128 valence electrons. The zero-order valence-electron chi connectivity index (χ0n) is 13.5. The quantitative estimate of drug-likeness (QED) is 0.715. The van der Waals surface area contributed by atoms with Crippen LogP contribution in [0.5, 0.6) is 0 Å². The summed E-state index contributed by atoms with van der Waals surface area (Å²) >= 11 is 0. The number of benzene rings is 1. The number of para-hydroxylation sites is 1. The van der Waals surface area contributed by atoms with Gasteiger partial charge in [0, 0.05) is 17.4 Å². The van der Waals surface area contributed by atoms with Gasteiger partial charge in [-0.1, -0.05) is 18.2 Å². The van der Waals surface area contributed by atoms with Crippen LogP contribution in [0.1, 0.15) is 34.5 Å². The first kappa shape index (κ1) is 15.7. The SMILES string of the molecule is O=C(NCC1(O)CCCc2occc21)c1cc2ccccc2oc1=O. The maximum absolute atomic E-state index is 12.4. The van der Waals surface area contributed by atoms with Crippen molar-refractivity contribution in [2.24, 2.45) is 0 Å². The third kappa shape index (κ3) is 2.74. The van der Waals surface area contributed by atoms with Gasteiger partial charge >= 0.3 is 5.63 Å². The second-order valence-corrected chi connectivity index (χ2v) is 6.31. The molecule has 6 nitrogen and oxygen atoms in total. The molecule has 1 aliphatic rings. The van der Waals surface area contributed by atoms with Gasteiger partial charge in [-0.15, -0.1) is 0 Å². The molecule has 0 radical (unpaired) electrons. The maximum Gasteiger partial charge on any atom is 0.349 e. The van der Waals surface area contributed by atoms with Crippen molar-refractivity contribution in [3.05, 3.63) is 70.0 Å². The van der Waals surface area contributed by atoms with Crippen molar-refractivity contribution in [1.29, 1.82) is 0 Å². The minimum Gasteiger partial charge on any atom is -0.469 e. The zero-order chi connectivity index (χ0) is 17.4. The summed E-state index contributed by atoms with van der Waals surface area (Å²) < 4.78 is 10.6. The fraction of sp³-hybridized carbons (Fsp3) is 0.263. The summed E-state index contributed by atoms with van der Waals surface area (Å²) in [5.74, 6) is 0.178. The second-order valence-electron chi connectivity index (χ2n) is 6.31. The fourth-order valence-corrected chi connectivity index (χ4v) is 3.35. The monoisotopic (exact) mass is 339 g/mol. The van der Waals surface area contributed by atoms with E-state index in [0.29, 0.717) is 23.0 Å². The van der Waals surface area contributed by atoms with Crippen LogP contribution >= 0.6 is 0 Å². The molecule has 2 heterocycles. The van der Waals surface area contributed by atoms with E-state index >= 15 is 0 Å². The number of carbonyl (C=O) groups excluding carboxylic acids is 1. The highest BCUT2D eigenvalue weighted by Gasteiger charge is 2.36. The van der Waals surface area contributed by atoms with E-state index in [1.807, 2.05) is 0 Å². The maximum atomic E-state index is 12.4. The van der Waals surface area contributed by atoms with Gasteiger partial charge in [-0.3, -0.25) is 4.79 Å². The molecular formula is C19H17NO5. The number of furan rings is 1. The molecule has 1 unspecified atom stereocenters. The molecule has 6 heteroatoms. The van der Waals surface area contributed by atoms with Crippen LogP contribution in [0, 0.1) is 0 Å². The van der Waals surface area contributed by atoms with Crippen molar-refractivity contribution >= 4 is 16.9 Å². The van der Waals surface area contributed by atoms with Gasteiger partial charge in [0.05, 0.1) is 12.8 Å². The number of carbonyl (C=O) groups is 1. The van der Waals surface area contributed by atoms with Gasteiger partial charge in [-0.05, 0) is 31.0 Å².